The van der Waals surface area contributed by atoms with E-state index in [2.05, 4.69) is 4.72 Å². The molecule has 0 radical (unpaired) electrons. The number of epoxide rings is 1. The maximum absolute atomic E-state index is 12.0. The van der Waals surface area contributed by atoms with Gasteiger partial charge >= 0.3 is 0 Å². The van der Waals surface area contributed by atoms with Crippen molar-refractivity contribution >= 4 is 10.0 Å². The van der Waals surface area contributed by atoms with Gasteiger partial charge in [-0.05, 0) is 38.1 Å². The van der Waals surface area contributed by atoms with Gasteiger partial charge < -0.3 is 9.47 Å². The SMILES string of the molecule is COc1ccc(S(=O)(=O)NCC2OC2(C)C)cc1. The van der Waals surface area contributed by atoms with E-state index in [1.807, 2.05) is 13.8 Å². The van der Waals surface area contributed by atoms with Gasteiger partial charge in [-0.3, -0.25) is 0 Å². The van der Waals surface area contributed by atoms with Gasteiger partial charge in [-0.15, -0.1) is 0 Å². The molecule has 0 spiro atoms. The maximum atomic E-state index is 12.0. The monoisotopic (exact) mass is 271 g/mol. The van der Waals surface area contributed by atoms with Crippen LogP contribution in [0.3, 0.4) is 0 Å². The molecule has 1 heterocycles. The highest BCUT2D eigenvalue weighted by molar-refractivity contribution is 7.89. The number of benzene rings is 1. The second-order valence-electron chi connectivity index (χ2n) is 4.74. The molecule has 0 amide bonds. The number of hydrogen-bond acceptors (Lipinski definition) is 4. The Morgan fingerprint density at radius 2 is 1.89 bits per heavy atom. The van der Waals surface area contributed by atoms with Crippen LogP contribution in [0.5, 0.6) is 5.75 Å². The van der Waals surface area contributed by atoms with Crippen molar-refractivity contribution in [3.05, 3.63) is 24.3 Å². The largest absolute Gasteiger partial charge is 0.497 e. The molecular formula is C12H17NO4S. The van der Waals surface area contributed by atoms with Crippen LogP contribution in [0.2, 0.25) is 0 Å². The van der Waals surface area contributed by atoms with Crippen LogP contribution in [0.1, 0.15) is 13.8 Å². The molecule has 1 aromatic carbocycles. The highest BCUT2D eigenvalue weighted by atomic mass is 32.2. The lowest BCUT2D eigenvalue weighted by Gasteiger charge is -2.06. The van der Waals surface area contributed by atoms with Crippen LogP contribution < -0.4 is 9.46 Å². The van der Waals surface area contributed by atoms with Gasteiger partial charge in [-0.2, -0.15) is 0 Å². The lowest BCUT2D eigenvalue weighted by Crippen LogP contribution is -2.29. The Morgan fingerprint density at radius 3 is 2.33 bits per heavy atom. The predicted octanol–water partition coefficient (Wildman–Crippen LogP) is 1.15. The average Bonchev–Trinajstić information content (AvgIpc) is 2.95. The minimum atomic E-state index is -3.48. The molecule has 1 saturated heterocycles. The first-order valence-corrected chi connectivity index (χ1v) is 7.15. The van der Waals surface area contributed by atoms with Gasteiger partial charge in [0.2, 0.25) is 10.0 Å². The summed E-state index contributed by atoms with van der Waals surface area (Å²) in [4.78, 5) is 0.224. The molecule has 1 fully saturated rings. The topological polar surface area (TPSA) is 67.9 Å². The first kappa shape index (κ1) is 13.3. The van der Waals surface area contributed by atoms with Crippen molar-refractivity contribution in [2.24, 2.45) is 0 Å². The Morgan fingerprint density at radius 1 is 1.33 bits per heavy atom. The highest BCUT2D eigenvalue weighted by Crippen LogP contribution is 2.34. The molecule has 1 unspecified atom stereocenters. The minimum Gasteiger partial charge on any atom is -0.497 e. The molecule has 18 heavy (non-hydrogen) atoms. The second kappa shape index (κ2) is 4.53. The lowest BCUT2D eigenvalue weighted by molar-refractivity contribution is 0.323. The fraction of sp³-hybridized carbons (Fsp3) is 0.500. The predicted molar refractivity (Wildman–Crippen MR) is 67.1 cm³/mol. The molecule has 0 aliphatic carbocycles. The number of nitrogens with one attached hydrogen (secondary N) is 1. The smallest absolute Gasteiger partial charge is 0.240 e. The third-order valence-electron chi connectivity index (χ3n) is 2.99. The van der Waals surface area contributed by atoms with Gasteiger partial charge in [0.05, 0.1) is 17.6 Å². The molecule has 5 nitrogen and oxygen atoms in total. The van der Waals surface area contributed by atoms with Crippen LogP contribution in [0, 0.1) is 0 Å². The summed E-state index contributed by atoms with van der Waals surface area (Å²) in [6.07, 6.45) is -0.0504. The molecule has 100 valence electrons. The first-order valence-electron chi connectivity index (χ1n) is 5.67. The number of sulfonamides is 1. The summed E-state index contributed by atoms with van der Waals surface area (Å²) in [6, 6.07) is 6.26. The van der Waals surface area contributed by atoms with Crippen molar-refractivity contribution in [3.8, 4) is 5.75 Å². The fourth-order valence-electron chi connectivity index (χ4n) is 1.64. The zero-order valence-corrected chi connectivity index (χ0v) is 11.5. The van der Waals surface area contributed by atoms with E-state index in [1.165, 1.54) is 19.2 Å². The number of rotatable bonds is 5. The van der Waals surface area contributed by atoms with E-state index in [0.29, 0.717) is 12.3 Å². The summed E-state index contributed by atoms with van der Waals surface area (Å²) in [5.41, 5.74) is -0.220. The molecule has 1 aliphatic rings. The van der Waals surface area contributed by atoms with Crippen molar-refractivity contribution in [1.82, 2.24) is 4.72 Å². The van der Waals surface area contributed by atoms with Crippen LogP contribution in [0.25, 0.3) is 0 Å². The third-order valence-corrected chi connectivity index (χ3v) is 4.43. The third kappa shape index (κ3) is 2.82. The summed E-state index contributed by atoms with van der Waals surface area (Å²) >= 11 is 0. The summed E-state index contributed by atoms with van der Waals surface area (Å²) in [5.74, 6) is 0.626. The van der Waals surface area contributed by atoms with Crippen LogP contribution in [0.15, 0.2) is 29.2 Å². The summed E-state index contributed by atoms with van der Waals surface area (Å²) in [5, 5.41) is 0. The van der Waals surface area contributed by atoms with Gasteiger partial charge in [0.15, 0.2) is 0 Å². The van der Waals surface area contributed by atoms with E-state index in [-0.39, 0.29) is 16.6 Å². The van der Waals surface area contributed by atoms with E-state index in [1.54, 1.807) is 12.1 Å². The summed E-state index contributed by atoms with van der Waals surface area (Å²) < 4.78 is 36.8. The van der Waals surface area contributed by atoms with E-state index in [9.17, 15) is 8.42 Å². The zero-order chi connectivity index (χ0) is 13.4. The zero-order valence-electron chi connectivity index (χ0n) is 10.6. The van der Waals surface area contributed by atoms with Gasteiger partial charge in [-0.1, -0.05) is 0 Å². The Labute approximate surface area is 107 Å². The minimum absolute atomic E-state index is 0.0504. The van der Waals surface area contributed by atoms with Gasteiger partial charge in [0, 0.05) is 6.54 Å². The summed E-state index contributed by atoms with van der Waals surface area (Å²) in [7, 11) is -1.94. The van der Waals surface area contributed by atoms with Crippen molar-refractivity contribution in [2.75, 3.05) is 13.7 Å². The van der Waals surface area contributed by atoms with Crippen LogP contribution in [-0.2, 0) is 14.8 Å². The van der Waals surface area contributed by atoms with Crippen LogP contribution >= 0.6 is 0 Å². The average molecular weight is 271 g/mol. The molecule has 1 aliphatic heterocycles. The van der Waals surface area contributed by atoms with Crippen LogP contribution in [-0.4, -0.2) is 33.8 Å². The molecule has 0 aromatic heterocycles. The van der Waals surface area contributed by atoms with Crippen molar-refractivity contribution in [2.45, 2.75) is 30.4 Å². The number of methoxy groups -OCH3 is 1. The second-order valence-corrected chi connectivity index (χ2v) is 6.50. The normalized spacial score (nSPS) is 21.6. The Bertz CT molecular complexity index is 522. The molecule has 6 heteroatoms. The van der Waals surface area contributed by atoms with Gasteiger partial charge in [0.25, 0.3) is 0 Å². The standard InChI is InChI=1S/C12H17NO4S/c1-12(2)11(17-12)8-13-18(14,15)10-6-4-9(16-3)5-7-10/h4-7,11,13H,8H2,1-3H3. The quantitative estimate of drug-likeness (QED) is 0.816. The Kier molecular flexibility index (Phi) is 3.35. The Hall–Kier alpha value is -1.11. The van der Waals surface area contributed by atoms with E-state index >= 15 is 0 Å². The van der Waals surface area contributed by atoms with Crippen molar-refractivity contribution in [3.63, 3.8) is 0 Å². The fourth-order valence-corrected chi connectivity index (χ4v) is 2.68. The number of hydrogen-bond donors (Lipinski definition) is 1. The molecular weight excluding hydrogens is 254 g/mol. The first-order chi connectivity index (χ1) is 8.35. The van der Waals surface area contributed by atoms with Gasteiger partial charge in [-0.25, -0.2) is 13.1 Å². The molecule has 2 rings (SSSR count). The summed E-state index contributed by atoms with van der Waals surface area (Å²) in [6.45, 7) is 4.15. The maximum Gasteiger partial charge on any atom is 0.240 e. The van der Waals surface area contributed by atoms with Crippen LogP contribution in [0.4, 0.5) is 0 Å². The molecule has 0 bridgehead atoms. The number of ether oxygens (including phenoxy) is 2. The van der Waals surface area contributed by atoms with Crippen molar-refractivity contribution in [1.29, 1.82) is 0 Å². The lowest BCUT2D eigenvalue weighted by atomic mass is 10.1. The van der Waals surface area contributed by atoms with E-state index in [0.717, 1.165) is 0 Å². The highest BCUT2D eigenvalue weighted by Gasteiger charge is 2.47. The molecule has 1 atom stereocenters. The van der Waals surface area contributed by atoms with Crippen molar-refractivity contribution < 1.29 is 17.9 Å². The Balaban J connectivity index is 2.01. The van der Waals surface area contributed by atoms with E-state index < -0.39 is 10.0 Å². The van der Waals surface area contributed by atoms with E-state index in [4.69, 9.17) is 9.47 Å². The van der Waals surface area contributed by atoms with Gasteiger partial charge in [0.1, 0.15) is 11.9 Å². The molecule has 1 aromatic rings. The molecule has 0 saturated carbocycles. The molecule has 1 N–H and O–H groups in total.